The minimum absolute atomic E-state index is 0.145. The van der Waals surface area contributed by atoms with Crippen molar-refractivity contribution < 1.29 is 4.74 Å². The van der Waals surface area contributed by atoms with Crippen LogP contribution in [0.4, 0.5) is 0 Å². The summed E-state index contributed by atoms with van der Waals surface area (Å²) in [5.41, 5.74) is 3.37. The van der Waals surface area contributed by atoms with E-state index < -0.39 is 0 Å². The molecule has 1 atom stereocenters. The fraction of sp³-hybridized carbons (Fsp3) is 0.778. The Morgan fingerprint density at radius 1 is 1.56 bits per heavy atom. The maximum Gasteiger partial charge on any atom is 0.153 e. The number of hydrogen-bond donors (Lipinski definition) is 2. The van der Waals surface area contributed by atoms with E-state index in [1.807, 2.05) is 27.8 Å². The van der Waals surface area contributed by atoms with Crippen molar-refractivity contribution in [2.24, 2.45) is 12.9 Å². The second kappa shape index (κ2) is 5.22. The number of aromatic nitrogens is 3. The Labute approximate surface area is 104 Å². The third-order valence-corrected chi connectivity index (χ3v) is 2.61. The molecule has 1 aromatic rings. The van der Waals surface area contributed by atoms with E-state index in [-0.39, 0.29) is 11.6 Å². The number of rotatable bonds is 4. The molecule has 16 heavy (non-hydrogen) atoms. The molecule has 7 heteroatoms. The largest absolute Gasteiger partial charge is 0.374 e. The zero-order valence-electron chi connectivity index (χ0n) is 9.99. The zero-order chi connectivity index (χ0) is 12.3. The van der Waals surface area contributed by atoms with Crippen LogP contribution in [-0.4, -0.2) is 27.2 Å². The number of ether oxygens (including phenoxy) is 1. The van der Waals surface area contributed by atoms with E-state index in [4.69, 9.17) is 10.6 Å². The Morgan fingerprint density at radius 2 is 2.19 bits per heavy atom. The van der Waals surface area contributed by atoms with Gasteiger partial charge >= 0.3 is 0 Å². The van der Waals surface area contributed by atoms with Gasteiger partial charge in [0.15, 0.2) is 4.60 Å². The first-order chi connectivity index (χ1) is 7.35. The number of halogens is 1. The maximum atomic E-state index is 5.68. The highest BCUT2D eigenvalue weighted by Crippen LogP contribution is 2.21. The Balaban J connectivity index is 2.75. The van der Waals surface area contributed by atoms with Gasteiger partial charge in [-0.3, -0.25) is 5.84 Å². The Morgan fingerprint density at radius 3 is 2.56 bits per heavy atom. The standard InChI is InChI=1S/C9H18BrN5O/c1-9(2,3)16-5-6(12-11)7-8(10)13-14-15(7)4/h6,12H,5,11H2,1-4H3. The average Bonchev–Trinajstić information content (AvgIpc) is 2.48. The van der Waals surface area contributed by atoms with E-state index >= 15 is 0 Å². The second-order valence-corrected chi connectivity index (χ2v) is 5.28. The Hall–Kier alpha value is -0.500. The monoisotopic (exact) mass is 291 g/mol. The van der Waals surface area contributed by atoms with Crippen molar-refractivity contribution in [1.82, 2.24) is 20.4 Å². The number of nitrogens with one attached hydrogen (secondary N) is 1. The fourth-order valence-electron chi connectivity index (χ4n) is 1.25. The summed E-state index contributed by atoms with van der Waals surface area (Å²) in [5.74, 6) is 5.51. The van der Waals surface area contributed by atoms with Crippen LogP contribution in [0.15, 0.2) is 4.60 Å². The highest BCUT2D eigenvalue weighted by molar-refractivity contribution is 9.10. The Kier molecular flexibility index (Phi) is 4.43. The first kappa shape index (κ1) is 13.6. The third-order valence-electron chi connectivity index (χ3n) is 2.04. The molecule has 0 fully saturated rings. The van der Waals surface area contributed by atoms with Gasteiger partial charge in [-0.25, -0.2) is 10.1 Å². The highest BCUT2D eigenvalue weighted by Gasteiger charge is 2.21. The molecule has 0 aliphatic rings. The fourth-order valence-corrected chi connectivity index (χ4v) is 1.85. The lowest BCUT2D eigenvalue weighted by atomic mass is 10.2. The van der Waals surface area contributed by atoms with Crippen LogP contribution in [0.3, 0.4) is 0 Å². The first-order valence-corrected chi connectivity index (χ1v) is 5.79. The van der Waals surface area contributed by atoms with Crippen LogP contribution in [0.25, 0.3) is 0 Å². The molecule has 6 nitrogen and oxygen atoms in total. The van der Waals surface area contributed by atoms with Crippen molar-refractivity contribution >= 4 is 15.9 Å². The molecule has 92 valence electrons. The van der Waals surface area contributed by atoms with Gasteiger partial charge in [-0.1, -0.05) is 5.21 Å². The minimum atomic E-state index is -0.201. The molecular weight excluding hydrogens is 274 g/mol. The lowest BCUT2D eigenvalue weighted by Crippen LogP contribution is -2.35. The summed E-state index contributed by atoms with van der Waals surface area (Å²) in [7, 11) is 1.81. The normalized spacial score (nSPS) is 14.1. The maximum absolute atomic E-state index is 5.68. The summed E-state index contributed by atoms with van der Waals surface area (Å²) in [6.07, 6.45) is 0. The molecule has 0 aromatic carbocycles. The summed E-state index contributed by atoms with van der Waals surface area (Å²) in [4.78, 5) is 0. The molecule has 0 spiro atoms. The third kappa shape index (κ3) is 3.51. The van der Waals surface area contributed by atoms with Crippen molar-refractivity contribution in [3.8, 4) is 0 Å². The van der Waals surface area contributed by atoms with Gasteiger partial charge in [0.25, 0.3) is 0 Å². The molecule has 0 bridgehead atoms. The van der Waals surface area contributed by atoms with Gasteiger partial charge in [0.2, 0.25) is 0 Å². The van der Waals surface area contributed by atoms with Crippen molar-refractivity contribution in [3.05, 3.63) is 10.3 Å². The number of nitrogens with two attached hydrogens (primary N) is 1. The average molecular weight is 292 g/mol. The minimum Gasteiger partial charge on any atom is -0.374 e. The SMILES string of the molecule is Cn1nnc(Br)c1C(COC(C)(C)C)NN. The predicted molar refractivity (Wildman–Crippen MR) is 64.5 cm³/mol. The molecule has 0 radical (unpaired) electrons. The molecule has 3 N–H and O–H groups in total. The lowest BCUT2D eigenvalue weighted by molar-refractivity contribution is -0.0158. The van der Waals surface area contributed by atoms with Gasteiger partial charge in [-0.2, -0.15) is 0 Å². The molecule has 0 aliphatic heterocycles. The van der Waals surface area contributed by atoms with Crippen LogP contribution in [0.2, 0.25) is 0 Å². The van der Waals surface area contributed by atoms with Gasteiger partial charge in [0.05, 0.1) is 23.9 Å². The number of nitrogens with zero attached hydrogens (tertiary/aromatic N) is 3. The summed E-state index contributed by atoms with van der Waals surface area (Å²) in [6, 6.07) is -0.145. The lowest BCUT2D eigenvalue weighted by Gasteiger charge is -2.24. The smallest absolute Gasteiger partial charge is 0.153 e. The van der Waals surface area contributed by atoms with Gasteiger partial charge in [-0.15, -0.1) is 5.10 Å². The number of hydrazine groups is 1. The van der Waals surface area contributed by atoms with E-state index in [9.17, 15) is 0 Å². The topological polar surface area (TPSA) is 78.0 Å². The summed E-state index contributed by atoms with van der Waals surface area (Å²) < 4.78 is 8.03. The van der Waals surface area contributed by atoms with Crippen molar-refractivity contribution in [2.75, 3.05) is 6.61 Å². The number of aryl methyl sites for hydroxylation is 1. The van der Waals surface area contributed by atoms with Gasteiger partial charge in [0.1, 0.15) is 0 Å². The quantitative estimate of drug-likeness (QED) is 0.637. The summed E-state index contributed by atoms with van der Waals surface area (Å²) in [5, 5.41) is 7.81. The Bertz CT molecular complexity index is 327. The van der Waals surface area contributed by atoms with Gasteiger partial charge in [0, 0.05) is 7.05 Å². The molecule has 1 rings (SSSR count). The highest BCUT2D eigenvalue weighted by atomic mass is 79.9. The van der Waals surface area contributed by atoms with E-state index in [1.165, 1.54) is 0 Å². The molecule has 1 unspecified atom stereocenters. The molecular formula is C9H18BrN5O. The van der Waals surface area contributed by atoms with Crippen molar-refractivity contribution in [3.63, 3.8) is 0 Å². The van der Waals surface area contributed by atoms with Gasteiger partial charge in [-0.05, 0) is 36.7 Å². The molecule has 0 amide bonds. The van der Waals surface area contributed by atoms with Crippen LogP contribution in [0, 0.1) is 0 Å². The van der Waals surface area contributed by atoms with E-state index in [0.29, 0.717) is 11.2 Å². The van der Waals surface area contributed by atoms with E-state index in [1.54, 1.807) is 4.68 Å². The predicted octanol–water partition coefficient (Wildman–Crippen LogP) is 0.897. The second-order valence-electron chi connectivity index (χ2n) is 4.53. The molecule has 1 heterocycles. The summed E-state index contributed by atoms with van der Waals surface area (Å²) in [6.45, 7) is 6.45. The van der Waals surface area contributed by atoms with E-state index in [2.05, 4.69) is 31.7 Å². The molecule has 0 aliphatic carbocycles. The van der Waals surface area contributed by atoms with Crippen LogP contribution >= 0.6 is 15.9 Å². The summed E-state index contributed by atoms with van der Waals surface area (Å²) >= 11 is 3.33. The van der Waals surface area contributed by atoms with Crippen LogP contribution in [0.1, 0.15) is 32.5 Å². The molecule has 0 saturated heterocycles. The van der Waals surface area contributed by atoms with Crippen LogP contribution in [-0.2, 0) is 11.8 Å². The first-order valence-electron chi connectivity index (χ1n) is 5.00. The number of hydrogen-bond acceptors (Lipinski definition) is 5. The van der Waals surface area contributed by atoms with Crippen LogP contribution < -0.4 is 11.3 Å². The van der Waals surface area contributed by atoms with Crippen LogP contribution in [0.5, 0.6) is 0 Å². The molecule has 0 saturated carbocycles. The van der Waals surface area contributed by atoms with Crippen molar-refractivity contribution in [2.45, 2.75) is 32.4 Å². The molecule has 1 aromatic heterocycles. The van der Waals surface area contributed by atoms with Crippen molar-refractivity contribution in [1.29, 1.82) is 0 Å². The van der Waals surface area contributed by atoms with E-state index in [0.717, 1.165) is 5.69 Å². The zero-order valence-corrected chi connectivity index (χ0v) is 11.6. The van der Waals surface area contributed by atoms with Gasteiger partial charge < -0.3 is 4.74 Å².